The zero-order valence-electron chi connectivity index (χ0n) is 29.8. The largest absolute Gasteiger partial charge is 0.316 e. The Balaban J connectivity index is 0.984. The Morgan fingerprint density at radius 1 is 0.528 bits per heavy atom. The first-order chi connectivity index (χ1) is 26.1. The summed E-state index contributed by atoms with van der Waals surface area (Å²) < 4.78 is 16.5. The van der Waals surface area contributed by atoms with E-state index in [-0.39, 0.29) is 5.82 Å². The summed E-state index contributed by atoms with van der Waals surface area (Å²) in [4.78, 5) is 2.26. The second-order valence-corrected chi connectivity index (χ2v) is 16.2. The molecule has 12 rings (SSSR count). The van der Waals surface area contributed by atoms with Crippen LogP contribution in [-0.2, 0) is 5.41 Å². The molecule has 0 N–H and O–H groups in total. The van der Waals surface area contributed by atoms with E-state index in [1.807, 2.05) is 12.1 Å². The van der Waals surface area contributed by atoms with Crippen molar-refractivity contribution in [2.75, 3.05) is 4.90 Å². The summed E-state index contributed by atoms with van der Waals surface area (Å²) in [6.07, 6.45) is 10.6. The number of hydrogen-bond acceptors (Lipinski definition) is 1. The molecule has 0 saturated heterocycles. The normalized spacial score (nSPS) is 21.9. The molecule has 0 amide bonds. The molecule has 0 aliphatic heterocycles. The van der Waals surface area contributed by atoms with Gasteiger partial charge in [-0.05, 0) is 168 Å². The molecule has 2 heterocycles. The van der Waals surface area contributed by atoms with Gasteiger partial charge in [0.25, 0.3) is 0 Å². The van der Waals surface area contributed by atoms with Gasteiger partial charge in [-0.3, -0.25) is 0 Å². The molecule has 0 unspecified atom stereocenters. The van der Waals surface area contributed by atoms with E-state index in [1.54, 1.807) is 12.1 Å². The van der Waals surface area contributed by atoms with Crippen LogP contribution in [0, 0.1) is 23.6 Å². The van der Waals surface area contributed by atoms with E-state index < -0.39 is 0 Å². The number of aromatic nitrogens is 1. The molecule has 8 aromatic rings. The molecule has 258 valence electrons. The fourth-order valence-corrected chi connectivity index (χ4v) is 11.1. The van der Waals surface area contributed by atoms with Crippen LogP contribution < -0.4 is 4.90 Å². The molecule has 4 aliphatic carbocycles. The highest BCUT2D eigenvalue weighted by Crippen LogP contribution is 2.61. The number of nitrogens with zero attached hydrogens (tertiary/aromatic N) is 2. The van der Waals surface area contributed by atoms with Crippen LogP contribution in [0.4, 0.5) is 21.5 Å². The van der Waals surface area contributed by atoms with Gasteiger partial charge in [0.05, 0.1) is 11.0 Å². The molecule has 2 nitrogen and oxygen atoms in total. The molecule has 3 heteroatoms. The van der Waals surface area contributed by atoms with Crippen molar-refractivity contribution in [3.63, 3.8) is 0 Å². The van der Waals surface area contributed by atoms with Crippen LogP contribution in [0.5, 0.6) is 0 Å². The van der Waals surface area contributed by atoms with E-state index in [2.05, 4.69) is 143 Å². The molecule has 0 spiro atoms. The van der Waals surface area contributed by atoms with Gasteiger partial charge in [0.2, 0.25) is 0 Å². The number of fused-ring (bicyclic) bond motifs is 5. The van der Waals surface area contributed by atoms with Gasteiger partial charge in [-0.15, -0.1) is 0 Å². The lowest BCUT2D eigenvalue weighted by Crippen LogP contribution is -2.48. The van der Waals surface area contributed by atoms with Crippen molar-refractivity contribution in [2.45, 2.75) is 43.9 Å². The lowest BCUT2D eigenvalue weighted by molar-refractivity contribution is -0.00518. The van der Waals surface area contributed by atoms with Crippen LogP contribution in [0.25, 0.3) is 49.4 Å². The monoisotopic (exact) mass is 688 g/mol. The van der Waals surface area contributed by atoms with E-state index in [0.29, 0.717) is 5.41 Å². The summed E-state index contributed by atoms with van der Waals surface area (Å²) in [5.74, 6) is 2.52. The zero-order valence-corrected chi connectivity index (χ0v) is 29.8. The van der Waals surface area contributed by atoms with Gasteiger partial charge < -0.3 is 9.30 Å². The van der Waals surface area contributed by atoms with Crippen LogP contribution in [0.2, 0.25) is 0 Å². The summed E-state index contributed by atoms with van der Waals surface area (Å²) in [6.45, 7) is 0. The van der Waals surface area contributed by atoms with Gasteiger partial charge in [-0.1, -0.05) is 78.9 Å². The summed E-state index contributed by atoms with van der Waals surface area (Å²) in [6, 6.07) is 53.7. The van der Waals surface area contributed by atoms with E-state index in [0.717, 1.165) is 40.4 Å². The van der Waals surface area contributed by atoms with Gasteiger partial charge in [0, 0.05) is 34.2 Å². The smallest absolute Gasteiger partial charge is 0.123 e. The first kappa shape index (κ1) is 30.9. The summed E-state index contributed by atoms with van der Waals surface area (Å²) in [5, 5.41) is 3.75. The van der Waals surface area contributed by atoms with Crippen molar-refractivity contribution in [1.29, 1.82) is 0 Å². The van der Waals surface area contributed by atoms with Crippen molar-refractivity contribution < 1.29 is 4.39 Å². The van der Waals surface area contributed by atoms with Crippen molar-refractivity contribution in [1.82, 2.24) is 4.40 Å². The molecule has 0 radical (unpaired) electrons. The van der Waals surface area contributed by atoms with Gasteiger partial charge in [-0.2, -0.15) is 0 Å². The zero-order chi connectivity index (χ0) is 35.1. The molecular formula is C50H41FN2. The van der Waals surface area contributed by atoms with Crippen LogP contribution in [0.1, 0.15) is 44.1 Å². The average Bonchev–Trinajstić information content (AvgIpc) is 3.54. The minimum Gasteiger partial charge on any atom is -0.316 e. The third kappa shape index (κ3) is 5.05. The highest BCUT2D eigenvalue weighted by Gasteiger charge is 2.51. The third-order valence-electron chi connectivity index (χ3n) is 13.0. The maximum absolute atomic E-state index is 14.2. The topological polar surface area (TPSA) is 7.65 Å². The molecule has 4 bridgehead atoms. The highest BCUT2D eigenvalue weighted by atomic mass is 19.1. The standard InChI is InChI=1S/C50H41FN2/c51-41-16-22-44(23-17-41)53(43-20-14-40(15-21-43)50-30-33-26-34(31-50)28-35(27-33)32-50)42-18-11-36(12-19-42)39-10-9-37-13-24-47-49(45(37)29-39)48(38-6-2-1-3-7-38)46-8-4-5-25-52(46)47/h1-25,29,33-35H,26-28,30-32H2. The maximum Gasteiger partial charge on any atom is 0.123 e. The average molecular weight is 689 g/mol. The minimum absolute atomic E-state index is 0.224. The van der Waals surface area contributed by atoms with E-state index in [4.69, 9.17) is 0 Å². The summed E-state index contributed by atoms with van der Waals surface area (Å²) >= 11 is 0. The number of rotatable bonds is 6. The predicted octanol–water partition coefficient (Wildman–Crippen LogP) is 13.7. The first-order valence-electron chi connectivity index (χ1n) is 19.4. The molecule has 6 aromatic carbocycles. The number of halogens is 1. The SMILES string of the molecule is Fc1ccc(N(c2ccc(-c3ccc4ccc5c(c(-c6ccccc6)c6ccccn65)c4c3)cc2)c2ccc(C34CC5CC(CC(C5)C3)C4)cc2)cc1. The first-order valence-corrected chi connectivity index (χ1v) is 19.4. The number of pyridine rings is 1. The molecule has 53 heavy (non-hydrogen) atoms. The minimum atomic E-state index is -0.224. The van der Waals surface area contributed by atoms with Crippen molar-refractivity contribution in [3.8, 4) is 22.3 Å². The number of hydrogen-bond donors (Lipinski definition) is 0. The molecule has 4 fully saturated rings. The Kier molecular flexibility index (Phi) is 6.96. The van der Waals surface area contributed by atoms with Crippen LogP contribution >= 0.6 is 0 Å². The Labute approximate surface area is 310 Å². The quantitative estimate of drug-likeness (QED) is 0.169. The van der Waals surface area contributed by atoms with Crippen LogP contribution in [0.15, 0.2) is 158 Å². The number of anilines is 3. The molecule has 0 atom stereocenters. The Morgan fingerprint density at radius 3 is 1.79 bits per heavy atom. The summed E-state index contributed by atoms with van der Waals surface area (Å²) in [7, 11) is 0. The Bertz CT molecular complexity index is 2600. The molecule has 2 aromatic heterocycles. The van der Waals surface area contributed by atoms with Crippen molar-refractivity contribution in [2.24, 2.45) is 17.8 Å². The highest BCUT2D eigenvalue weighted by molar-refractivity contribution is 6.19. The fourth-order valence-electron chi connectivity index (χ4n) is 11.1. The van der Waals surface area contributed by atoms with E-state index in [9.17, 15) is 4.39 Å². The Morgan fingerprint density at radius 2 is 1.11 bits per heavy atom. The van der Waals surface area contributed by atoms with Gasteiger partial charge in [0.15, 0.2) is 0 Å². The predicted molar refractivity (Wildman–Crippen MR) is 218 cm³/mol. The van der Waals surface area contributed by atoms with Gasteiger partial charge in [-0.25, -0.2) is 4.39 Å². The van der Waals surface area contributed by atoms with Crippen molar-refractivity contribution >= 4 is 44.3 Å². The lowest BCUT2D eigenvalue weighted by Gasteiger charge is -2.57. The number of benzene rings is 6. The maximum atomic E-state index is 14.2. The second kappa shape index (κ2) is 11.9. The van der Waals surface area contributed by atoms with Gasteiger partial charge in [0.1, 0.15) is 5.82 Å². The lowest BCUT2D eigenvalue weighted by atomic mass is 9.48. The summed E-state index contributed by atoms with van der Waals surface area (Å²) in [5.41, 5.74) is 12.2. The third-order valence-corrected chi connectivity index (χ3v) is 13.0. The Hall–Kier alpha value is -5.67. The van der Waals surface area contributed by atoms with Gasteiger partial charge >= 0.3 is 0 Å². The second-order valence-electron chi connectivity index (χ2n) is 16.2. The van der Waals surface area contributed by atoms with Crippen LogP contribution in [-0.4, -0.2) is 4.40 Å². The van der Waals surface area contributed by atoms with E-state index >= 15 is 0 Å². The van der Waals surface area contributed by atoms with Crippen molar-refractivity contribution in [3.05, 3.63) is 169 Å². The molecule has 4 saturated carbocycles. The molecular weight excluding hydrogens is 648 g/mol. The molecule has 4 aliphatic rings. The fraction of sp³-hybridized carbons (Fsp3) is 0.200. The van der Waals surface area contributed by atoms with Crippen LogP contribution in [0.3, 0.4) is 0 Å². The van der Waals surface area contributed by atoms with E-state index in [1.165, 1.54) is 88.0 Å².